The van der Waals surface area contributed by atoms with E-state index in [0.29, 0.717) is 16.4 Å². The molecule has 0 radical (unpaired) electrons. The van der Waals surface area contributed by atoms with Crippen molar-refractivity contribution >= 4 is 22.2 Å². The molecule has 0 amide bonds. The van der Waals surface area contributed by atoms with Crippen LogP contribution < -0.4 is 0 Å². The fourth-order valence-electron chi connectivity index (χ4n) is 1.44. The molecule has 2 aromatic rings. The molecule has 0 aliphatic heterocycles. The van der Waals surface area contributed by atoms with E-state index in [-0.39, 0.29) is 5.56 Å². The Bertz CT molecular complexity index is 592. The molecule has 0 bridgehead atoms. The first-order valence-corrected chi connectivity index (χ1v) is 5.59. The molecule has 0 atom stereocenters. The van der Waals surface area contributed by atoms with Crippen LogP contribution in [0.2, 0.25) is 0 Å². The molecule has 0 N–H and O–H groups in total. The molecule has 1 aromatic carbocycles. The first-order valence-electron chi connectivity index (χ1n) is 4.80. The minimum absolute atomic E-state index is 0.251. The maximum absolute atomic E-state index is 12.4. The molecule has 1 heterocycles. The third kappa shape index (κ3) is 2.45. The summed E-state index contributed by atoms with van der Waals surface area (Å²) in [4.78, 5) is 10.9. The Kier molecular flexibility index (Phi) is 3.25. The van der Waals surface area contributed by atoms with Crippen molar-refractivity contribution in [3.05, 3.63) is 46.2 Å². The first kappa shape index (κ1) is 12.8. The van der Waals surface area contributed by atoms with Gasteiger partial charge in [0.2, 0.25) is 0 Å². The Morgan fingerprint density at radius 1 is 1.28 bits per heavy atom. The van der Waals surface area contributed by atoms with E-state index >= 15 is 0 Å². The topological polar surface area (TPSA) is 34.9 Å². The van der Waals surface area contributed by atoms with E-state index in [1.807, 2.05) is 0 Å². The van der Waals surface area contributed by atoms with Gasteiger partial charge in [-0.2, -0.15) is 18.3 Å². The van der Waals surface area contributed by atoms with E-state index < -0.39 is 11.9 Å². The van der Waals surface area contributed by atoms with Crippen molar-refractivity contribution in [3.63, 3.8) is 0 Å². The number of rotatable bonds is 2. The van der Waals surface area contributed by atoms with Crippen molar-refractivity contribution < 1.29 is 18.0 Å². The molecule has 0 saturated heterocycles. The first-order chi connectivity index (χ1) is 8.41. The summed E-state index contributed by atoms with van der Waals surface area (Å²) in [6.45, 7) is 0. The number of hydrogen-bond donors (Lipinski definition) is 0. The molecule has 0 fully saturated rings. The Balaban J connectivity index is 2.49. The fourth-order valence-corrected chi connectivity index (χ4v) is 1.82. The number of hydrogen-bond acceptors (Lipinski definition) is 2. The number of halogens is 4. The second-order valence-corrected chi connectivity index (χ2v) is 4.38. The van der Waals surface area contributed by atoms with Gasteiger partial charge in [-0.05, 0) is 24.3 Å². The molecule has 0 aliphatic rings. The SMILES string of the molecule is O=Cc1cc(Br)ccc1-n1ccc(C(F)(F)F)n1. The van der Waals surface area contributed by atoms with Crippen LogP contribution in [0.4, 0.5) is 13.2 Å². The van der Waals surface area contributed by atoms with Crippen molar-refractivity contribution in [1.29, 1.82) is 0 Å². The smallest absolute Gasteiger partial charge is 0.298 e. The number of carbonyl (C=O) groups excluding carboxylic acids is 1. The van der Waals surface area contributed by atoms with Gasteiger partial charge < -0.3 is 0 Å². The van der Waals surface area contributed by atoms with E-state index in [1.54, 1.807) is 6.07 Å². The molecule has 94 valence electrons. The Morgan fingerprint density at radius 2 is 2.00 bits per heavy atom. The van der Waals surface area contributed by atoms with Gasteiger partial charge in [0.25, 0.3) is 0 Å². The van der Waals surface area contributed by atoms with Crippen LogP contribution in [-0.2, 0) is 6.18 Å². The van der Waals surface area contributed by atoms with Gasteiger partial charge in [0, 0.05) is 16.2 Å². The lowest BCUT2D eigenvalue weighted by Gasteiger charge is -2.06. The summed E-state index contributed by atoms with van der Waals surface area (Å²) in [6.07, 6.45) is -2.77. The van der Waals surface area contributed by atoms with Gasteiger partial charge in [0.1, 0.15) is 0 Å². The summed E-state index contributed by atoms with van der Waals surface area (Å²) in [6, 6.07) is 5.51. The highest BCUT2D eigenvalue weighted by atomic mass is 79.9. The predicted octanol–water partition coefficient (Wildman–Crippen LogP) is 3.47. The number of alkyl halides is 3. The zero-order valence-electron chi connectivity index (χ0n) is 8.78. The van der Waals surface area contributed by atoms with Crippen molar-refractivity contribution in [2.24, 2.45) is 0 Å². The molecule has 1 aromatic heterocycles. The van der Waals surface area contributed by atoms with Crippen LogP contribution in [0.3, 0.4) is 0 Å². The monoisotopic (exact) mass is 318 g/mol. The van der Waals surface area contributed by atoms with E-state index in [1.165, 1.54) is 18.3 Å². The molecule has 0 unspecified atom stereocenters. The van der Waals surface area contributed by atoms with Gasteiger partial charge in [0.05, 0.1) is 5.69 Å². The van der Waals surface area contributed by atoms with E-state index in [4.69, 9.17) is 0 Å². The summed E-state index contributed by atoms with van der Waals surface area (Å²) in [5.74, 6) is 0. The zero-order chi connectivity index (χ0) is 13.3. The van der Waals surface area contributed by atoms with Crippen LogP contribution in [0.15, 0.2) is 34.9 Å². The summed E-state index contributed by atoms with van der Waals surface area (Å²) in [7, 11) is 0. The highest BCUT2D eigenvalue weighted by Gasteiger charge is 2.33. The Labute approximate surface area is 108 Å². The second kappa shape index (κ2) is 4.56. The number of aldehydes is 1. The summed E-state index contributed by atoms with van der Waals surface area (Å²) < 4.78 is 38.9. The van der Waals surface area contributed by atoms with Crippen LogP contribution in [-0.4, -0.2) is 16.1 Å². The lowest BCUT2D eigenvalue weighted by Crippen LogP contribution is -2.08. The van der Waals surface area contributed by atoms with Crippen LogP contribution >= 0.6 is 15.9 Å². The van der Waals surface area contributed by atoms with Crippen LogP contribution in [0.1, 0.15) is 16.1 Å². The molecule has 0 spiro atoms. The van der Waals surface area contributed by atoms with Gasteiger partial charge in [-0.3, -0.25) is 4.79 Å². The fraction of sp³-hybridized carbons (Fsp3) is 0.0909. The van der Waals surface area contributed by atoms with E-state index in [9.17, 15) is 18.0 Å². The minimum Gasteiger partial charge on any atom is -0.298 e. The zero-order valence-corrected chi connectivity index (χ0v) is 10.4. The molecular formula is C11H6BrF3N2O. The largest absolute Gasteiger partial charge is 0.435 e. The lowest BCUT2D eigenvalue weighted by atomic mass is 10.2. The summed E-state index contributed by atoms with van der Waals surface area (Å²) in [5, 5.41) is 3.41. The van der Waals surface area contributed by atoms with E-state index in [0.717, 1.165) is 10.7 Å². The summed E-state index contributed by atoms with van der Waals surface area (Å²) >= 11 is 3.18. The van der Waals surface area contributed by atoms with Crippen LogP contribution in [0, 0.1) is 0 Å². The average Bonchev–Trinajstić information content (AvgIpc) is 2.77. The number of benzene rings is 1. The Morgan fingerprint density at radius 3 is 2.56 bits per heavy atom. The average molecular weight is 319 g/mol. The van der Waals surface area contributed by atoms with Crippen molar-refractivity contribution in [3.8, 4) is 5.69 Å². The standard InChI is InChI=1S/C11H6BrF3N2O/c12-8-1-2-9(7(5-8)6-18)17-4-3-10(16-17)11(13,14)15/h1-6H. The molecule has 3 nitrogen and oxygen atoms in total. The maximum atomic E-state index is 12.4. The molecule has 7 heteroatoms. The van der Waals surface area contributed by atoms with Gasteiger partial charge in [-0.25, -0.2) is 4.68 Å². The normalized spacial score (nSPS) is 11.6. The van der Waals surface area contributed by atoms with Crippen molar-refractivity contribution in [1.82, 2.24) is 9.78 Å². The molecule has 2 rings (SSSR count). The number of aromatic nitrogens is 2. The van der Waals surface area contributed by atoms with Crippen molar-refractivity contribution in [2.45, 2.75) is 6.18 Å². The predicted molar refractivity (Wildman–Crippen MR) is 61.7 cm³/mol. The van der Waals surface area contributed by atoms with Crippen LogP contribution in [0.5, 0.6) is 0 Å². The second-order valence-electron chi connectivity index (χ2n) is 3.46. The van der Waals surface area contributed by atoms with Crippen molar-refractivity contribution in [2.75, 3.05) is 0 Å². The maximum Gasteiger partial charge on any atom is 0.435 e. The lowest BCUT2D eigenvalue weighted by molar-refractivity contribution is -0.141. The molecule has 0 saturated carbocycles. The van der Waals surface area contributed by atoms with Crippen LogP contribution in [0.25, 0.3) is 5.69 Å². The molecule has 0 aliphatic carbocycles. The number of nitrogens with zero attached hydrogens (tertiary/aromatic N) is 2. The van der Waals surface area contributed by atoms with Gasteiger partial charge in [0.15, 0.2) is 12.0 Å². The van der Waals surface area contributed by atoms with Gasteiger partial charge in [-0.1, -0.05) is 15.9 Å². The third-order valence-corrected chi connectivity index (χ3v) is 2.74. The van der Waals surface area contributed by atoms with Gasteiger partial charge in [-0.15, -0.1) is 0 Å². The highest BCUT2D eigenvalue weighted by molar-refractivity contribution is 9.10. The quantitative estimate of drug-likeness (QED) is 0.795. The highest BCUT2D eigenvalue weighted by Crippen LogP contribution is 2.28. The summed E-state index contributed by atoms with van der Waals surface area (Å²) in [5.41, 5.74) is -0.452. The third-order valence-electron chi connectivity index (χ3n) is 2.24. The minimum atomic E-state index is -4.50. The van der Waals surface area contributed by atoms with E-state index in [2.05, 4.69) is 21.0 Å². The number of carbonyl (C=O) groups is 1. The molecule has 18 heavy (non-hydrogen) atoms. The molecular weight excluding hydrogens is 313 g/mol. The van der Waals surface area contributed by atoms with Gasteiger partial charge >= 0.3 is 6.18 Å². The Hall–Kier alpha value is -1.63.